The summed E-state index contributed by atoms with van der Waals surface area (Å²) in [4.78, 5) is 1.29. The minimum Gasteiger partial charge on any atom is -0.355 e. The molecule has 0 heterocycles. The van der Waals surface area contributed by atoms with E-state index in [9.17, 15) is 0 Å². The number of thioether (sulfide) groups is 1. The Morgan fingerprint density at radius 2 is 1.56 bits per heavy atom. The molecule has 0 aliphatic carbocycles. The summed E-state index contributed by atoms with van der Waals surface area (Å²) in [6, 6.07) is 28.0. The first-order valence-corrected chi connectivity index (χ1v) is 9.95. The third-order valence-corrected chi connectivity index (χ3v) is 5.21. The zero-order chi connectivity index (χ0) is 17.3. The Bertz CT molecular complexity index is 766. The molecule has 1 N–H and O–H groups in total. The van der Waals surface area contributed by atoms with Crippen molar-refractivity contribution < 1.29 is 0 Å². The van der Waals surface area contributed by atoms with E-state index in [-0.39, 0.29) is 0 Å². The fourth-order valence-corrected chi connectivity index (χ4v) is 3.62. The summed E-state index contributed by atoms with van der Waals surface area (Å²) in [5.74, 6) is 0.996. The average Bonchev–Trinajstić information content (AvgIpc) is 2.67. The van der Waals surface area contributed by atoms with Gasteiger partial charge in [-0.3, -0.25) is 0 Å². The lowest BCUT2D eigenvalue weighted by Crippen LogP contribution is -1.91. The summed E-state index contributed by atoms with van der Waals surface area (Å²) in [6.07, 6.45) is 3.67. The predicted molar refractivity (Wildman–Crippen MR) is 111 cm³/mol. The molecule has 128 valence electrons. The second kappa shape index (κ2) is 9.33. The lowest BCUT2D eigenvalue weighted by atomic mass is 10.1. The molecule has 0 spiro atoms. The number of benzene rings is 3. The van der Waals surface area contributed by atoms with Crippen molar-refractivity contribution in [2.45, 2.75) is 36.8 Å². The van der Waals surface area contributed by atoms with Gasteiger partial charge in [0.2, 0.25) is 0 Å². The molecular weight excluding hydrogens is 322 g/mol. The Morgan fingerprint density at radius 3 is 2.32 bits per heavy atom. The Labute approximate surface area is 155 Å². The van der Waals surface area contributed by atoms with Crippen molar-refractivity contribution in [3.8, 4) is 0 Å². The molecule has 0 saturated carbocycles. The molecule has 3 aromatic carbocycles. The summed E-state index contributed by atoms with van der Waals surface area (Å²) >= 11 is 1.87. The molecule has 3 rings (SSSR count). The Morgan fingerprint density at radius 1 is 0.760 bits per heavy atom. The van der Waals surface area contributed by atoms with Gasteiger partial charge in [0.05, 0.1) is 0 Å². The van der Waals surface area contributed by atoms with E-state index in [1.54, 1.807) is 0 Å². The van der Waals surface area contributed by atoms with Gasteiger partial charge in [-0.2, -0.15) is 0 Å². The highest BCUT2D eigenvalue weighted by molar-refractivity contribution is 7.98. The molecular formula is C23H25NS. The molecule has 25 heavy (non-hydrogen) atoms. The standard InChI is InChI=1S/C23H25NS/c1-2-3-8-19-13-15-21(16-14-19)24-22-11-7-12-23(17-22)25-18-20-9-5-4-6-10-20/h4-7,9-17,24H,2-3,8,18H2,1H3. The van der Waals surface area contributed by atoms with E-state index in [1.807, 2.05) is 11.8 Å². The van der Waals surface area contributed by atoms with Crippen LogP contribution in [0.5, 0.6) is 0 Å². The van der Waals surface area contributed by atoms with Gasteiger partial charge in [-0.1, -0.05) is 61.9 Å². The topological polar surface area (TPSA) is 12.0 Å². The van der Waals surface area contributed by atoms with Crippen molar-refractivity contribution in [1.82, 2.24) is 0 Å². The van der Waals surface area contributed by atoms with Crippen molar-refractivity contribution >= 4 is 23.1 Å². The van der Waals surface area contributed by atoms with Crippen LogP contribution in [0.1, 0.15) is 30.9 Å². The SMILES string of the molecule is CCCCc1ccc(Nc2cccc(SCc3ccccc3)c2)cc1. The van der Waals surface area contributed by atoms with E-state index in [4.69, 9.17) is 0 Å². The lowest BCUT2D eigenvalue weighted by molar-refractivity contribution is 0.795. The van der Waals surface area contributed by atoms with E-state index >= 15 is 0 Å². The number of nitrogens with one attached hydrogen (secondary N) is 1. The van der Waals surface area contributed by atoms with Gasteiger partial charge >= 0.3 is 0 Å². The number of rotatable bonds is 8. The van der Waals surface area contributed by atoms with Crippen LogP contribution >= 0.6 is 11.8 Å². The van der Waals surface area contributed by atoms with Gasteiger partial charge < -0.3 is 5.32 Å². The van der Waals surface area contributed by atoms with Gasteiger partial charge in [-0.05, 0) is 54.3 Å². The molecule has 2 heteroatoms. The fraction of sp³-hybridized carbons (Fsp3) is 0.217. The highest BCUT2D eigenvalue weighted by atomic mass is 32.2. The smallest absolute Gasteiger partial charge is 0.0395 e. The Kier molecular flexibility index (Phi) is 6.58. The number of aryl methyl sites for hydroxylation is 1. The maximum atomic E-state index is 3.51. The van der Waals surface area contributed by atoms with Crippen LogP contribution in [-0.4, -0.2) is 0 Å². The lowest BCUT2D eigenvalue weighted by Gasteiger charge is -2.09. The molecule has 0 saturated heterocycles. The molecule has 0 aliphatic heterocycles. The first-order valence-electron chi connectivity index (χ1n) is 8.96. The van der Waals surface area contributed by atoms with Crippen molar-refractivity contribution in [3.63, 3.8) is 0 Å². The molecule has 0 unspecified atom stereocenters. The quantitative estimate of drug-likeness (QED) is 0.437. The monoisotopic (exact) mass is 347 g/mol. The summed E-state index contributed by atoms with van der Waals surface area (Å²) < 4.78 is 0. The highest BCUT2D eigenvalue weighted by Gasteiger charge is 2.00. The Balaban J connectivity index is 1.59. The second-order valence-electron chi connectivity index (χ2n) is 6.23. The van der Waals surface area contributed by atoms with Crippen molar-refractivity contribution in [1.29, 1.82) is 0 Å². The first kappa shape index (κ1) is 17.6. The molecule has 0 atom stereocenters. The van der Waals surface area contributed by atoms with Crippen LogP contribution in [0, 0.1) is 0 Å². The number of anilines is 2. The predicted octanol–water partition coefficient (Wildman–Crippen LogP) is 7.07. The summed E-state index contributed by atoms with van der Waals surface area (Å²) in [6.45, 7) is 2.23. The first-order chi connectivity index (χ1) is 12.3. The van der Waals surface area contributed by atoms with E-state index in [2.05, 4.69) is 91.1 Å². The van der Waals surface area contributed by atoms with Crippen LogP contribution < -0.4 is 5.32 Å². The van der Waals surface area contributed by atoms with Crippen LogP contribution in [0.15, 0.2) is 83.8 Å². The fourth-order valence-electron chi connectivity index (χ4n) is 2.71. The third kappa shape index (κ3) is 5.68. The van der Waals surface area contributed by atoms with Gasteiger partial charge in [-0.15, -0.1) is 11.8 Å². The van der Waals surface area contributed by atoms with Crippen LogP contribution in [0.3, 0.4) is 0 Å². The minimum absolute atomic E-state index is 0.996. The van der Waals surface area contributed by atoms with Gasteiger partial charge in [0, 0.05) is 22.0 Å². The zero-order valence-electron chi connectivity index (χ0n) is 14.7. The molecule has 1 nitrogen and oxygen atoms in total. The summed E-state index contributed by atoms with van der Waals surface area (Å²) in [7, 11) is 0. The third-order valence-electron chi connectivity index (χ3n) is 4.14. The number of hydrogen-bond donors (Lipinski definition) is 1. The Hall–Kier alpha value is -2.19. The van der Waals surface area contributed by atoms with Crippen molar-refractivity contribution in [2.24, 2.45) is 0 Å². The minimum atomic E-state index is 0.996. The molecule has 0 bridgehead atoms. The van der Waals surface area contributed by atoms with E-state index < -0.39 is 0 Å². The zero-order valence-corrected chi connectivity index (χ0v) is 15.6. The molecule has 0 aliphatic rings. The largest absolute Gasteiger partial charge is 0.355 e. The second-order valence-corrected chi connectivity index (χ2v) is 7.28. The molecule has 0 fully saturated rings. The van der Waals surface area contributed by atoms with Gasteiger partial charge in [-0.25, -0.2) is 0 Å². The highest BCUT2D eigenvalue weighted by Crippen LogP contribution is 2.27. The van der Waals surface area contributed by atoms with Gasteiger partial charge in [0.1, 0.15) is 0 Å². The van der Waals surface area contributed by atoms with E-state index in [0.717, 1.165) is 17.1 Å². The maximum absolute atomic E-state index is 3.51. The summed E-state index contributed by atoms with van der Waals surface area (Å²) in [5.41, 5.74) is 5.05. The van der Waals surface area contributed by atoms with Crippen LogP contribution in [0.4, 0.5) is 11.4 Å². The summed E-state index contributed by atoms with van der Waals surface area (Å²) in [5, 5.41) is 3.51. The molecule has 0 radical (unpaired) electrons. The maximum Gasteiger partial charge on any atom is 0.0395 e. The average molecular weight is 348 g/mol. The number of hydrogen-bond acceptors (Lipinski definition) is 2. The van der Waals surface area contributed by atoms with E-state index in [1.165, 1.54) is 35.3 Å². The van der Waals surface area contributed by atoms with E-state index in [0.29, 0.717) is 0 Å². The molecule has 0 amide bonds. The van der Waals surface area contributed by atoms with Crippen molar-refractivity contribution in [2.75, 3.05) is 5.32 Å². The normalized spacial score (nSPS) is 10.6. The van der Waals surface area contributed by atoms with Gasteiger partial charge in [0.25, 0.3) is 0 Å². The van der Waals surface area contributed by atoms with Crippen LogP contribution in [0.25, 0.3) is 0 Å². The molecule has 0 aromatic heterocycles. The van der Waals surface area contributed by atoms with Crippen LogP contribution in [-0.2, 0) is 12.2 Å². The van der Waals surface area contributed by atoms with Gasteiger partial charge in [0.15, 0.2) is 0 Å². The van der Waals surface area contributed by atoms with Crippen LogP contribution in [0.2, 0.25) is 0 Å². The van der Waals surface area contributed by atoms with Crippen molar-refractivity contribution in [3.05, 3.63) is 90.0 Å². The number of unbranched alkanes of at least 4 members (excludes halogenated alkanes) is 1. The molecule has 3 aromatic rings.